The summed E-state index contributed by atoms with van der Waals surface area (Å²) in [6, 6.07) is 0. The summed E-state index contributed by atoms with van der Waals surface area (Å²) in [5.41, 5.74) is -0.401. The number of carbonyl (C=O) groups is 1. The first-order valence-electron chi connectivity index (χ1n) is 5.80. The van der Waals surface area contributed by atoms with Crippen LogP contribution in [-0.4, -0.2) is 21.6 Å². The third-order valence-corrected chi connectivity index (χ3v) is 3.57. The summed E-state index contributed by atoms with van der Waals surface area (Å²) in [5.74, 6) is -0.329. The molecule has 1 amide bonds. The van der Waals surface area contributed by atoms with E-state index < -0.39 is 5.60 Å². The van der Waals surface area contributed by atoms with Gasteiger partial charge in [-0.05, 0) is 27.2 Å². The summed E-state index contributed by atoms with van der Waals surface area (Å²) < 4.78 is 0. The Morgan fingerprint density at radius 3 is 2.65 bits per heavy atom. The number of hydrogen-bond donors (Lipinski definition) is 2. The summed E-state index contributed by atoms with van der Waals surface area (Å²) in [4.78, 5) is 17.2. The highest BCUT2D eigenvalue weighted by Crippen LogP contribution is 2.17. The second-order valence-corrected chi connectivity index (χ2v) is 5.85. The van der Waals surface area contributed by atoms with Gasteiger partial charge in [0.2, 0.25) is 0 Å². The van der Waals surface area contributed by atoms with Gasteiger partial charge in [0.15, 0.2) is 0 Å². The van der Waals surface area contributed by atoms with Crippen molar-refractivity contribution in [2.24, 2.45) is 0 Å². The van der Waals surface area contributed by atoms with Crippen LogP contribution in [0.15, 0.2) is 0 Å². The Kier molecular flexibility index (Phi) is 4.65. The number of rotatable bonds is 5. The fourth-order valence-electron chi connectivity index (χ4n) is 1.69. The molecule has 0 saturated heterocycles. The summed E-state index contributed by atoms with van der Waals surface area (Å²) >= 11 is 1.61. The van der Waals surface area contributed by atoms with Gasteiger partial charge in [-0.1, -0.05) is 13.3 Å². The van der Waals surface area contributed by atoms with Crippen LogP contribution in [0.2, 0.25) is 0 Å². The number of nitrogens with zero attached hydrogens (tertiary/aromatic N) is 1. The third kappa shape index (κ3) is 3.78. The number of nitrogens with one attached hydrogen (secondary N) is 1. The third-order valence-electron chi connectivity index (χ3n) is 2.64. The van der Waals surface area contributed by atoms with Crippen molar-refractivity contribution in [2.45, 2.75) is 52.7 Å². The fourth-order valence-corrected chi connectivity index (χ4v) is 2.53. The number of carbonyl (C=O) groups excluding carboxylic acids is 1. The van der Waals surface area contributed by atoms with Gasteiger partial charge in [-0.25, -0.2) is 4.98 Å². The van der Waals surface area contributed by atoms with Crippen molar-refractivity contribution < 1.29 is 9.90 Å². The minimum Gasteiger partial charge on any atom is -0.380 e. The minimum absolute atomic E-state index is 0.329. The molecule has 1 rings (SSSR count). The van der Waals surface area contributed by atoms with Crippen LogP contribution in [0.3, 0.4) is 0 Å². The highest BCUT2D eigenvalue weighted by Gasteiger charge is 2.28. The van der Waals surface area contributed by atoms with Crippen LogP contribution in [0.25, 0.3) is 0 Å². The number of thiazole rings is 1. The minimum atomic E-state index is -1.28. The zero-order valence-electron chi connectivity index (χ0n) is 10.8. The molecule has 0 spiro atoms. The van der Waals surface area contributed by atoms with E-state index in [9.17, 15) is 9.90 Å². The smallest absolute Gasteiger partial charge is 0.251 e. The summed E-state index contributed by atoms with van der Waals surface area (Å²) in [5, 5.41) is 13.6. The molecule has 96 valence electrons. The summed E-state index contributed by atoms with van der Waals surface area (Å²) in [6.07, 6.45) is 1.24. The van der Waals surface area contributed by atoms with Gasteiger partial charge in [-0.3, -0.25) is 4.79 Å². The van der Waals surface area contributed by atoms with Crippen molar-refractivity contribution in [3.05, 3.63) is 15.6 Å². The lowest BCUT2D eigenvalue weighted by atomic mass is 10.00. The molecule has 0 radical (unpaired) electrons. The lowest BCUT2D eigenvalue weighted by Crippen LogP contribution is -2.44. The first-order chi connectivity index (χ1) is 7.86. The van der Waals surface area contributed by atoms with E-state index in [1.165, 1.54) is 0 Å². The summed E-state index contributed by atoms with van der Waals surface area (Å²) in [7, 11) is 0. The topological polar surface area (TPSA) is 62.2 Å². The van der Waals surface area contributed by atoms with Crippen molar-refractivity contribution in [2.75, 3.05) is 0 Å². The molecular weight excluding hydrogens is 236 g/mol. The van der Waals surface area contributed by atoms with Gasteiger partial charge < -0.3 is 10.4 Å². The van der Waals surface area contributed by atoms with Crippen molar-refractivity contribution in [1.82, 2.24) is 10.3 Å². The zero-order chi connectivity index (χ0) is 13.1. The number of aromatic nitrogens is 1. The molecule has 0 aliphatic rings. The largest absolute Gasteiger partial charge is 0.380 e. The van der Waals surface area contributed by atoms with Crippen molar-refractivity contribution in [3.63, 3.8) is 0 Å². The molecule has 4 nitrogen and oxygen atoms in total. The standard InChI is InChI=1S/C12H20N2O2S/c1-5-6-12(4,16)11(15)13-7-10-8(2)17-9(3)14-10/h16H,5-7H2,1-4H3,(H,13,15). The molecule has 0 aliphatic carbocycles. The zero-order valence-corrected chi connectivity index (χ0v) is 11.6. The highest BCUT2D eigenvalue weighted by atomic mass is 32.1. The molecule has 1 heterocycles. The summed E-state index contributed by atoms with van der Waals surface area (Å²) in [6.45, 7) is 7.79. The van der Waals surface area contributed by atoms with Crippen LogP contribution < -0.4 is 5.32 Å². The maximum absolute atomic E-state index is 11.8. The Bertz CT molecular complexity index is 399. The number of aliphatic hydroxyl groups is 1. The molecule has 1 atom stereocenters. The molecule has 1 aromatic rings. The van der Waals surface area contributed by atoms with Gasteiger partial charge in [-0.15, -0.1) is 11.3 Å². The Morgan fingerprint density at radius 2 is 2.18 bits per heavy atom. The highest BCUT2D eigenvalue weighted by molar-refractivity contribution is 7.11. The number of hydrogen-bond acceptors (Lipinski definition) is 4. The second-order valence-electron chi connectivity index (χ2n) is 4.44. The van der Waals surface area contributed by atoms with Crippen LogP contribution in [0.1, 0.15) is 42.3 Å². The van der Waals surface area contributed by atoms with Crippen molar-refractivity contribution in [1.29, 1.82) is 0 Å². The molecule has 17 heavy (non-hydrogen) atoms. The molecule has 0 bridgehead atoms. The Labute approximate surface area is 106 Å². The maximum Gasteiger partial charge on any atom is 0.251 e. The monoisotopic (exact) mass is 256 g/mol. The fraction of sp³-hybridized carbons (Fsp3) is 0.667. The van der Waals surface area contributed by atoms with E-state index in [4.69, 9.17) is 0 Å². The van der Waals surface area contributed by atoms with E-state index in [2.05, 4.69) is 10.3 Å². The number of aryl methyl sites for hydroxylation is 2. The first-order valence-corrected chi connectivity index (χ1v) is 6.62. The average Bonchev–Trinajstić information content (AvgIpc) is 2.53. The van der Waals surface area contributed by atoms with E-state index in [1.54, 1.807) is 18.3 Å². The molecule has 5 heteroatoms. The number of amides is 1. The van der Waals surface area contributed by atoms with Crippen LogP contribution in [0, 0.1) is 13.8 Å². The second kappa shape index (κ2) is 5.60. The van der Waals surface area contributed by atoms with Crippen LogP contribution in [0.5, 0.6) is 0 Å². The molecule has 0 saturated carbocycles. The Balaban J connectivity index is 2.56. The van der Waals surface area contributed by atoms with Gasteiger partial charge in [-0.2, -0.15) is 0 Å². The van der Waals surface area contributed by atoms with E-state index in [1.807, 2.05) is 20.8 Å². The molecule has 0 aromatic carbocycles. The maximum atomic E-state index is 11.8. The van der Waals surface area contributed by atoms with Gasteiger partial charge in [0.05, 0.1) is 17.2 Å². The SMILES string of the molecule is CCCC(C)(O)C(=O)NCc1nc(C)sc1C. The molecular formula is C12H20N2O2S. The van der Waals surface area contributed by atoms with E-state index >= 15 is 0 Å². The first kappa shape index (κ1) is 14.1. The lowest BCUT2D eigenvalue weighted by Gasteiger charge is -2.21. The Hall–Kier alpha value is -0.940. The van der Waals surface area contributed by atoms with Crippen LogP contribution in [-0.2, 0) is 11.3 Å². The predicted octanol–water partition coefficient (Wildman–Crippen LogP) is 1.93. The van der Waals surface area contributed by atoms with Gasteiger partial charge in [0, 0.05) is 4.88 Å². The van der Waals surface area contributed by atoms with E-state index in [0.29, 0.717) is 13.0 Å². The molecule has 0 fully saturated rings. The van der Waals surface area contributed by atoms with E-state index in [-0.39, 0.29) is 5.91 Å². The van der Waals surface area contributed by atoms with E-state index in [0.717, 1.165) is 22.0 Å². The van der Waals surface area contributed by atoms with Crippen LogP contribution >= 0.6 is 11.3 Å². The Morgan fingerprint density at radius 1 is 1.53 bits per heavy atom. The van der Waals surface area contributed by atoms with Gasteiger partial charge in [0.25, 0.3) is 5.91 Å². The van der Waals surface area contributed by atoms with Gasteiger partial charge in [0.1, 0.15) is 5.60 Å². The molecule has 1 aromatic heterocycles. The van der Waals surface area contributed by atoms with Crippen molar-refractivity contribution >= 4 is 17.2 Å². The molecule has 0 aliphatic heterocycles. The quantitative estimate of drug-likeness (QED) is 0.846. The molecule has 1 unspecified atom stereocenters. The van der Waals surface area contributed by atoms with Crippen LogP contribution in [0.4, 0.5) is 0 Å². The molecule has 2 N–H and O–H groups in total. The van der Waals surface area contributed by atoms with Crippen molar-refractivity contribution in [3.8, 4) is 0 Å². The normalized spacial score (nSPS) is 14.4. The lowest BCUT2D eigenvalue weighted by molar-refractivity contribution is -0.138. The average molecular weight is 256 g/mol. The predicted molar refractivity (Wildman–Crippen MR) is 69.0 cm³/mol. The van der Waals surface area contributed by atoms with Gasteiger partial charge >= 0.3 is 0 Å².